The number of ether oxygens (including phenoxy) is 1. The van der Waals surface area contributed by atoms with Crippen molar-refractivity contribution in [1.82, 2.24) is 19.8 Å². The lowest BCUT2D eigenvalue weighted by Crippen LogP contribution is -2.41. The second kappa shape index (κ2) is 11.0. The van der Waals surface area contributed by atoms with Gasteiger partial charge in [0.25, 0.3) is 0 Å². The third kappa shape index (κ3) is 6.27. The van der Waals surface area contributed by atoms with Gasteiger partial charge in [0, 0.05) is 48.6 Å². The van der Waals surface area contributed by atoms with Crippen molar-refractivity contribution in [3.8, 4) is 11.8 Å². The van der Waals surface area contributed by atoms with E-state index in [9.17, 15) is 19.5 Å². The molecule has 194 valence electrons. The summed E-state index contributed by atoms with van der Waals surface area (Å²) in [7, 11) is 0. The Morgan fingerprint density at radius 2 is 2.08 bits per heavy atom. The first-order valence-electron chi connectivity index (χ1n) is 12.4. The summed E-state index contributed by atoms with van der Waals surface area (Å²) in [4.78, 5) is 41.6. The van der Waals surface area contributed by atoms with Gasteiger partial charge in [0.15, 0.2) is 0 Å². The quantitative estimate of drug-likeness (QED) is 0.286. The van der Waals surface area contributed by atoms with E-state index in [0.29, 0.717) is 44.6 Å². The van der Waals surface area contributed by atoms with Crippen LogP contribution in [-0.2, 0) is 14.3 Å². The van der Waals surface area contributed by atoms with E-state index in [1.807, 2.05) is 55.7 Å². The van der Waals surface area contributed by atoms with Crippen molar-refractivity contribution in [2.24, 2.45) is 5.41 Å². The highest BCUT2D eigenvalue weighted by Gasteiger charge is 2.30. The number of carbonyl (C=O) groups excluding carboxylic acids is 2. The van der Waals surface area contributed by atoms with Crippen LogP contribution in [0.5, 0.6) is 0 Å². The van der Waals surface area contributed by atoms with Gasteiger partial charge in [-0.2, -0.15) is 0 Å². The molecule has 0 spiro atoms. The average molecular weight is 505 g/mol. The summed E-state index contributed by atoms with van der Waals surface area (Å²) in [6.45, 7) is 7.58. The number of imide groups is 1. The minimum absolute atomic E-state index is 0.101. The highest BCUT2D eigenvalue weighted by molar-refractivity contribution is 6.09. The molecule has 2 aromatic heterocycles. The maximum atomic E-state index is 12.6. The molecule has 1 atom stereocenters. The van der Waals surface area contributed by atoms with Crippen molar-refractivity contribution in [2.75, 3.05) is 26.3 Å². The predicted molar refractivity (Wildman–Crippen MR) is 140 cm³/mol. The summed E-state index contributed by atoms with van der Waals surface area (Å²) in [5.74, 6) is 5.58. The van der Waals surface area contributed by atoms with Gasteiger partial charge in [0.05, 0.1) is 5.52 Å². The van der Waals surface area contributed by atoms with E-state index < -0.39 is 12.1 Å². The van der Waals surface area contributed by atoms with Crippen molar-refractivity contribution in [3.63, 3.8) is 0 Å². The fraction of sp³-hybridized carbons (Fsp3) is 0.429. The Hall–Kier alpha value is -3.90. The number of nitrogens with zero attached hydrogens (tertiary/aromatic N) is 3. The topological polar surface area (TPSA) is 114 Å². The van der Waals surface area contributed by atoms with Crippen LogP contribution in [0.3, 0.4) is 0 Å². The van der Waals surface area contributed by atoms with Crippen molar-refractivity contribution >= 4 is 39.8 Å². The number of amides is 3. The third-order valence-electron chi connectivity index (χ3n) is 6.14. The molecule has 1 saturated heterocycles. The molecular formula is C28H32N4O5. The van der Waals surface area contributed by atoms with E-state index in [0.717, 1.165) is 21.9 Å². The zero-order valence-electron chi connectivity index (χ0n) is 21.4. The number of rotatable bonds is 7. The molecule has 0 radical (unpaired) electrons. The zero-order chi connectivity index (χ0) is 26.6. The summed E-state index contributed by atoms with van der Waals surface area (Å²) in [5.41, 5.74) is 2.27. The van der Waals surface area contributed by atoms with Crippen LogP contribution in [0, 0.1) is 17.3 Å². The number of benzene rings is 1. The first-order chi connectivity index (χ1) is 17.6. The Bertz CT molecular complexity index is 1390. The molecule has 1 aromatic carbocycles. The summed E-state index contributed by atoms with van der Waals surface area (Å²) in [6.07, 6.45) is 2.10. The Balaban J connectivity index is 1.42. The standard InChI is InChI=1S/C28H32N4O5/c1-28(2,3)18-31(27(35)36)14-6-16-37-15-5-7-19-9-10-22-21(17-19)20-8-4-13-29-25(20)32(22)23-11-12-24(33)30-26(23)34/h4,8-10,13,17,23H,6,11-12,14-16,18H2,1-3H3,(H,35,36)(H,30,33,34). The molecular weight excluding hydrogens is 472 g/mol. The lowest BCUT2D eigenvalue weighted by Gasteiger charge is -2.27. The molecule has 0 bridgehead atoms. The Morgan fingerprint density at radius 1 is 1.27 bits per heavy atom. The molecule has 3 amide bonds. The van der Waals surface area contributed by atoms with E-state index >= 15 is 0 Å². The molecule has 3 aromatic rings. The number of fused-ring (bicyclic) bond motifs is 3. The molecule has 3 heterocycles. The molecule has 0 aliphatic carbocycles. The van der Waals surface area contributed by atoms with Crippen LogP contribution < -0.4 is 5.32 Å². The van der Waals surface area contributed by atoms with Crippen LogP contribution in [0.15, 0.2) is 36.5 Å². The Kier molecular flexibility index (Phi) is 7.79. The smallest absolute Gasteiger partial charge is 0.407 e. The van der Waals surface area contributed by atoms with Gasteiger partial charge in [-0.1, -0.05) is 32.6 Å². The van der Waals surface area contributed by atoms with E-state index in [2.05, 4.69) is 22.1 Å². The van der Waals surface area contributed by atoms with Gasteiger partial charge >= 0.3 is 6.09 Å². The summed E-state index contributed by atoms with van der Waals surface area (Å²) >= 11 is 0. The highest BCUT2D eigenvalue weighted by Crippen LogP contribution is 2.33. The maximum absolute atomic E-state index is 12.6. The first-order valence-corrected chi connectivity index (χ1v) is 12.4. The molecule has 9 heteroatoms. The van der Waals surface area contributed by atoms with Gasteiger partial charge in [0.2, 0.25) is 11.8 Å². The molecule has 1 fully saturated rings. The van der Waals surface area contributed by atoms with Gasteiger partial charge in [-0.3, -0.25) is 14.9 Å². The van der Waals surface area contributed by atoms with Crippen molar-refractivity contribution < 1.29 is 24.2 Å². The first kappa shape index (κ1) is 26.2. The minimum atomic E-state index is -0.917. The number of hydrogen-bond acceptors (Lipinski definition) is 5. The fourth-order valence-electron chi connectivity index (χ4n) is 4.63. The van der Waals surface area contributed by atoms with E-state index in [1.54, 1.807) is 6.20 Å². The van der Waals surface area contributed by atoms with Gasteiger partial charge in [-0.25, -0.2) is 9.78 Å². The van der Waals surface area contributed by atoms with Crippen LogP contribution in [0.25, 0.3) is 21.9 Å². The largest absolute Gasteiger partial charge is 0.465 e. The maximum Gasteiger partial charge on any atom is 0.407 e. The van der Waals surface area contributed by atoms with Gasteiger partial charge in [-0.15, -0.1) is 0 Å². The van der Waals surface area contributed by atoms with Gasteiger partial charge in [0.1, 0.15) is 18.3 Å². The molecule has 4 rings (SSSR count). The van der Waals surface area contributed by atoms with E-state index in [-0.39, 0.29) is 23.8 Å². The number of hydrogen-bond donors (Lipinski definition) is 2. The molecule has 1 unspecified atom stereocenters. The molecule has 1 aliphatic rings. The van der Waals surface area contributed by atoms with Crippen LogP contribution >= 0.6 is 0 Å². The number of aromatic nitrogens is 2. The van der Waals surface area contributed by atoms with E-state index in [1.165, 1.54) is 4.90 Å². The fourth-order valence-corrected chi connectivity index (χ4v) is 4.63. The number of pyridine rings is 1. The second-order valence-electron chi connectivity index (χ2n) is 10.4. The highest BCUT2D eigenvalue weighted by atomic mass is 16.5. The second-order valence-corrected chi connectivity index (χ2v) is 10.4. The number of carboxylic acid groups (broad SMARTS) is 1. The normalized spacial score (nSPS) is 15.9. The Morgan fingerprint density at radius 3 is 2.81 bits per heavy atom. The van der Waals surface area contributed by atoms with Crippen molar-refractivity contribution in [3.05, 3.63) is 42.1 Å². The number of carbonyl (C=O) groups is 3. The predicted octanol–water partition coefficient (Wildman–Crippen LogP) is 3.95. The summed E-state index contributed by atoms with van der Waals surface area (Å²) in [6, 6.07) is 9.13. The van der Waals surface area contributed by atoms with Crippen LogP contribution in [0.2, 0.25) is 0 Å². The lowest BCUT2D eigenvalue weighted by molar-refractivity contribution is -0.135. The molecule has 9 nitrogen and oxygen atoms in total. The van der Waals surface area contributed by atoms with Gasteiger partial charge < -0.3 is 19.3 Å². The summed E-state index contributed by atoms with van der Waals surface area (Å²) in [5, 5.41) is 13.7. The molecule has 1 aliphatic heterocycles. The monoisotopic (exact) mass is 504 g/mol. The lowest BCUT2D eigenvalue weighted by atomic mass is 9.96. The average Bonchev–Trinajstić information content (AvgIpc) is 3.15. The number of nitrogens with one attached hydrogen (secondary N) is 1. The van der Waals surface area contributed by atoms with Crippen molar-refractivity contribution in [2.45, 2.75) is 46.1 Å². The number of piperidine rings is 1. The SMILES string of the molecule is CC(C)(C)CN(CCCOCC#Cc1ccc2c(c1)c1cccnc1n2C1CCC(=O)NC1=O)C(=O)O. The van der Waals surface area contributed by atoms with Crippen LogP contribution in [0.4, 0.5) is 4.79 Å². The van der Waals surface area contributed by atoms with Gasteiger partial charge in [-0.05, 0) is 48.6 Å². The van der Waals surface area contributed by atoms with Crippen LogP contribution in [0.1, 0.15) is 51.6 Å². The molecule has 37 heavy (non-hydrogen) atoms. The third-order valence-corrected chi connectivity index (χ3v) is 6.14. The van der Waals surface area contributed by atoms with E-state index in [4.69, 9.17) is 4.74 Å². The van der Waals surface area contributed by atoms with Crippen molar-refractivity contribution in [1.29, 1.82) is 0 Å². The summed E-state index contributed by atoms with van der Waals surface area (Å²) < 4.78 is 7.51. The Labute approximate surface area is 215 Å². The minimum Gasteiger partial charge on any atom is -0.465 e. The molecule has 0 saturated carbocycles. The zero-order valence-corrected chi connectivity index (χ0v) is 21.4. The molecule has 2 N–H and O–H groups in total. The van der Waals surface area contributed by atoms with Crippen LogP contribution in [-0.4, -0.2) is 63.8 Å².